The van der Waals surface area contributed by atoms with Gasteiger partial charge >= 0.3 is 0 Å². The predicted octanol–water partition coefficient (Wildman–Crippen LogP) is 1.15. The number of aromatic nitrogens is 5. The first-order valence-corrected chi connectivity index (χ1v) is 8.61. The average Bonchev–Trinajstić information content (AvgIpc) is 3.39. The molecule has 1 atom stereocenters. The number of tetrazole rings is 1. The van der Waals surface area contributed by atoms with Crippen LogP contribution in [0.3, 0.4) is 0 Å². The first kappa shape index (κ1) is 17.1. The van der Waals surface area contributed by atoms with Gasteiger partial charge in [-0.05, 0) is 34.7 Å². The lowest BCUT2D eigenvalue weighted by Crippen LogP contribution is -2.26. The van der Waals surface area contributed by atoms with Crippen LogP contribution in [-0.2, 0) is 11.3 Å². The quantitative estimate of drug-likeness (QED) is 0.698. The summed E-state index contributed by atoms with van der Waals surface area (Å²) in [4.78, 5) is 16.8. The molecule has 1 amide bonds. The summed E-state index contributed by atoms with van der Waals surface area (Å²) >= 11 is 0. The Hall–Kier alpha value is -3.33. The van der Waals surface area contributed by atoms with Gasteiger partial charge in [-0.15, -0.1) is 5.10 Å². The zero-order valence-corrected chi connectivity index (χ0v) is 14.5. The third kappa shape index (κ3) is 3.93. The Morgan fingerprint density at radius 1 is 1.26 bits per heavy atom. The van der Waals surface area contributed by atoms with Crippen LogP contribution in [0.25, 0.3) is 5.69 Å². The number of nitrogens with zero attached hydrogens (tertiary/aromatic N) is 5. The van der Waals surface area contributed by atoms with Crippen molar-refractivity contribution in [1.29, 1.82) is 0 Å². The highest BCUT2D eigenvalue weighted by atomic mass is 16.5. The summed E-state index contributed by atoms with van der Waals surface area (Å²) in [6, 6.07) is 12.8. The zero-order valence-electron chi connectivity index (χ0n) is 14.5. The molecular weight excluding hydrogens is 348 g/mol. The number of pyridine rings is 1. The van der Waals surface area contributed by atoms with Crippen molar-refractivity contribution in [3.05, 3.63) is 60.0 Å². The van der Waals surface area contributed by atoms with Crippen LogP contribution in [-0.4, -0.2) is 50.4 Å². The number of ether oxygens (including phenoxy) is 2. The van der Waals surface area contributed by atoms with Gasteiger partial charge in [0.2, 0.25) is 5.88 Å². The molecule has 1 aromatic carbocycles. The van der Waals surface area contributed by atoms with E-state index in [2.05, 4.69) is 25.8 Å². The van der Waals surface area contributed by atoms with Crippen molar-refractivity contribution in [3.63, 3.8) is 0 Å². The largest absolute Gasteiger partial charge is 0.471 e. The number of hydrogen-bond acceptors (Lipinski definition) is 7. The maximum atomic E-state index is 12.6. The van der Waals surface area contributed by atoms with Crippen molar-refractivity contribution < 1.29 is 14.3 Å². The molecule has 0 bridgehead atoms. The minimum Gasteiger partial charge on any atom is -0.471 e. The van der Waals surface area contributed by atoms with E-state index in [1.54, 1.807) is 23.0 Å². The lowest BCUT2D eigenvalue weighted by atomic mass is 10.2. The van der Waals surface area contributed by atoms with Crippen molar-refractivity contribution in [3.8, 4) is 11.6 Å². The highest BCUT2D eigenvalue weighted by molar-refractivity contribution is 5.96. The molecule has 3 heterocycles. The summed E-state index contributed by atoms with van der Waals surface area (Å²) in [6.07, 6.45) is 2.29. The number of benzene rings is 1. The minimum absolute atomic E-state index is 0.0863. The predicted molar refractivity (Wildman–Crippen MR) is 94.4 cm³/mol. The summed E-state index contributed by atoms with van der Waals surface area (Å²) in [5.74, 6) is 0.512. The van der Waals surface area contributed by atoms with Crippen LogP contribution in [0, 0.1) is 0 Å². The lowest BCUT2D eigenvalue weighted by Gasteiger charge is -2.14. The fourth-order valence-electron chi connectivity index (χ4n) is 2.76. The van der Waals surface area contributed by atoms with Gasteiger partial charge in [0.25, 0.3) is 5.91 Å². The first-order chi connectivity index (χ1) is 13.3. The Kier molecular flexibility index (Phi) is 5.01. The Morgan fingerprint density at radius 2 is 2.15 bits per heavy atom. The van der Waals surface area contributed by atoms with Crippen LogP contribution in [0.1, 0.15) is 22.6 Å². The second kappa shape index (κ2) is 7.92. The highest BCUT2D eigenvalue weighted by Gasteiger charge is 2.21. The van der Waals surface area contributed by atoms with Gasteiger partial charge in [-0.25, -0.2) is 4.98 Å². The summed E-state index contributed by atoms with van der Waals surface area (Å²) < 4.78 is 12.7. The standard InChI is InChI=1S/C18H18N6O3/c25-17(15-7-4-9-19-18(15)27-14-8-10-26-12-14)20-11-16-21-22-23-24(16)13-5-2-1-3-6-13/h1-7,9,14H,8,10-12H2,(H,20,25)/t14-/m1/s1. The highest BCUT2D eigenvalue weighted by Crippen LogP contribution is 2.19. The van der Waals surface area contributed by atoms with Gasteiger partial charge in [-0.3, -0.25) is 4.79 Å². The fourth-order valence-corrected chi connectivity index (χ4v) is 2.76. The van der Waals surface area contributed by atoms with Gasteiger partial charge in [-0.2, -0.15) is 4.68 Å². The molecule has 4 rings (SSSR count). The molecule has 0 aliphatic carbocycles. The van der Waals surface area contributed by atoms with E-state index in [4.69, 9.17) is 9.47 Å². The number of amides is 1. The molecule has 0 spiro atoms. The normalized spacial score (nSPS) is 16.2. The molecule has 9 nitrogen and oxygen atoms in total. The van der Waals surface area contributed by atoms with E-state index in [-0.39, 0.29) is 18.6 Å². The number of hydrogen-bond donors (Lipinski definition) is 1. The van der Waals surface area contributed by atoms with E-state index in [1.165, 1.54) is 0 Å². The third-order valence-electron chi connectivity index (χ3n) is 4.12. The van der Waals surface area contributed by atoms with Gasteiger partial charge in [0.05, 0.1) is 25.4 Å². The van der Waals surface area contributed by atoms with Gasteiger partial charge in [0, 0.05) is 12.6 Å². The van der Waals surface area contributed by atoms with E-state index >= 15 is 0 Å². The molecule has 0 radical (unpaired) electrons. The molecule has 0 saturated carbocycles. The second-order valence-corrected chi connectivity index (χ2v) is 5.98. The van der Waals surface area contributed by atoms with Gasteiger partial charge in [0.1, 0.15) is 11.7 Å². The number of rotatable bonds is 6. The number of carbonyl (C=O) groups excluding carboxylic acids is 1. The molecule has 1 N–H and O–H groups in total. The SMILES string of the molecule is O=C(NCc1nnnn1-c1ccccc1)c1cccnc1O[C@@H]1CCOC1. The molecule has 3 aromatic rings. The van der Waals surface area contributed by atoms with E-state index in [1.807, 2.05) is 30.3 Å². The molecule has 1 aliphatic rings. The summed E-state index contributed by atoms with van der Waals surface area (Å²) in [7, 11) is 0. The van der Waals surface area contributed by atoms with Crippen LogP contribution in [0.15, 0.2) is 48.7 Å². The minimum atomic E-state index is -0.306. The second-order valence-electron chi connectivity index (χ2n) is 5.98. The van der Waals surface area contributed by atoms with Crippen LogP contribution in [0.5, 0.6) is 5.88 Å². The van der Waals surface area contributed by atoms with Crippen LogP contribution < -0.4 is 10.1 Å². The molecule has 1 saturated heterocycles. The molecular formula is C18H18N6O3. The molecule has 1 aliphatic heterocycles. The van der Waals surface area contributed by atoms with Crippen LogP contribution >= 0.6 is 0 Å². The summed E-state index contributed by atoms with van der Waals surface area (Å²) in [5, 5.41) is 14.5. The topological polar surface area (TPSA) is 104 Å². The average molecular weight is 366 g/mol. The number of para-hydroxylation sites is 1. The van der Waals surface area contributed by atoms with E-state index in [0.29, 0.717) is 30.5 Å². The monoisotopic (exact) mass is 366 g/mol. The van der Waals surface area contributed by atoms with Gasteiger partial charge in [0.15, 0.2) is 5.82 Å². The fraction of sp³-hybridized carbons (Fsp3) is 0.278. The van der Waals surface area contributed by atoms with Crippen molar-refractivity contribution in [2.24, 2.45) is 0 Å². The zero-order chi connectivity index (χ0) is 18.5. The maximum absolute atomic E-state index is 12.6. The molecule has 1 fully saturated rings. The summed E-state index contributed by atoms with van der Waals surface area (Å²) in [5.41, 5.74) is 1.18. The molecule has 138 valence electrons. The van der Waals surface area contributed by atoms with E-state index < -0.39 is 0 Å². The molecule has 9 heteroatoms. The Balaban J connectivity index is 1.46. The number of nitrogens with one attached hydrogen (secondary N) is 1. The Morgan fingerprint density at radius 3 is 2.96 bits per heavy atom. The van der Waals surface area contributed by atoms with Crippen molar-refractivity contribution in [2.75, 3.05) is 13.2 Å². The van der Waals surface area contributed by atoms with Crippen molar-refractivity contribution in [1.82, 2.24) is 30.5 Å². The van der Waals surface area contributed by atoms with Crippen LogP contribution in [0.4, 0.5) is 0 Å². The van der Waals surface area contributed by atoms with E-state index in [9.17, 15) is 4.79 Å². The molecule has 2 aromatic heterocycles. The van der Waals surface area contributed by atoms with Gasteiger partial charge < -0.3 is 14.8 Å². The first-order valence-electron chi connectivity index (χ1n) is 8.61. The lowest BCUT2D eigenvalue weighted by molar-refractivity contribution is 0.0936. The Labute approximate surface area is 155 Å². The maximum Gasteiger partial charge on any atom is 0.257 e. The van der Waals surface area contributed by atoms with Crippen LogP contribution in [0.2, 0.25) is 0 Å². The molecule has 0 unspecified atom stereocenters. The summed E-state index contributed by atoms with van der Waals surface area (Å²) in [6.45, 7) is 1.33. The third-order valence-corrected chi connectivity index (χ3v) is 4.12. The smallest absolute Gasteiger partial charge is 0.257 e. The van der Waals surface area contributed by atoms with Crippen molar-refractivity contribution >= 4 is 5.91 Å². The molecule has 27 heavy (non-hydrogen) atoms. The number of carbonyl (C=O) groups is 1. The van der Waals surface area contributed by atoms with Gasteiger partial charge in [-0.1, -0.05) is 18.2 Å². The van der Waals surface area contributed by atoms with Crippen molar-refractivity contribution in [2.45, 2.75) is 19.1 Å². The Bertz CT molecular complexity index is 908. The van der Waals surface area contributed by atoms with E-state index in [0.717, 1.165) is 12.1 Å².